The van der Waals surface area contributed by atoms with Gasteiger partial charge in [0.25, 0.3) is 0 Å². The summed E-state index contributed by atoms with van der Waals surface area (Å²) in [5.41, 5.74) is 0. The number of aliphatic hydroxyl groups excluding tert-OH is 5. The van der Waals surface area contributed by atoms with Gasteiger partial charge in [-0.3, -0.25) is 14.7 Å². The highest BCUT2D eigenvalue weighted by Crippen LogP contribution is 2.18. The van der Waals surface area contributed by atoms with Crippen LogP contribution in [-0.4, -0.2) is 167 Å². The Balaban J connectivity index is 2.48. The number of rotatable bonds is 65. The molecule has 0 aromatic carbocycles. The first-order valence-electron chi connectivity index (χ1n) is 36.2. The summed E-state index contributed by atoms with van der Waals surface area (Å²) < 4.78 is 0. The largest absolute Gasteiger partial charge is 0.393 e. The summed E-state index contributed by atoms with van der Waals surface area (Å²) >= 11 is 0. The molecule has 1 saturated heterocycles. The number of aliphatic hydroxyl groups is 5. The average molecular weight is 1140 g/mol. The monoisotopic (exact) mass is 1140 g/mol. The van der Waals surface area contributed by atoms with Gasteiger partial charge in [-0.15, -0.1) is 0 Å². The zero-order chi connectivity index (χ0) is 58.0. The minimum atomic E-state index is -0.371. The van der Waals surface area contributed by atoms with Crippen molar-refractivity contribution in [2.75, 3.05) is 91.6 Å². The van der Waals surface area contributed by atoms with Gasteiger partial charge in [0, 0.05) is 72.0 Å². The van der Waals surface area contributed by atoms with Gasteiger partial charge in [0.2, 0.25) is 0 Å². The van der Waals surface area contributed by atoms with Crippen molar-refractivity contribution < 1.29 is 25.5 Å². The Bertz CT molecular complexity index is 1170. The molecule has 0 aromatic rings. The number of hydrogen-bond acceptors (Lipinski definition) is 10. The number of nitrogens with zero attached hydrogens (tertiary/aromatic N) is 4. The molecule has 0 aliphatic carbocycles. The van der Waals surface area contributed by atoms with Gasteiger partial charge >= 0.3 is 0 Å². The molecule has 0 aromatic heterocycles. The van der Waals surface area contributed by atoms with Crippen molar-refractivity contribution in [3.8, 4) is 0 Å². The van der Waals surface area contributed by atoms with Crippen LogP contribution in [-0.2, 0) is 0 Å². The molecule has 10 nitrogen and oxygen atoms in total. The van der Waals surface area contributed by atoms with Crippen LogP contribution in [0, 0.1) is 0 Å². The van der Waals surface area contributed by atoms with Gasteiger partial charge in [-0.2, -0.15) is 0 Å². The summed E-state index contributed by atoms with van der Waals surface area (Å²) in [6, 6.07) is 0. The predicted octanol–water partition coefficient (Wildman–Crippen LogP) is 16.0. The highest BCUT2D eigenvalue weighted by molar-refractivity contribution is 4.77. The summed E-state index contributed by atoms with van der Waals surface area (Å²) in [4.78, 5) is 10.1. The zero-order valence-electron chi connectivity index (χ0n) is 54.5. The number of hydrogen-bond donors (Lipinski definition) is 6. The van der Waals surface area contributed by atoms with Gasteiger partial charge in [-0.25, -0.2) is 0 Å². The molecule has 10 heteroatoms. The number of piperazine rings is 1. The molecule has 1 heterocycles. The third kappa shape index (κ3) is 54.3. The molecule has 0 bridgehead atoms. The molecule has 0 spiro atoms. The van der Waals surface area contributed by atoms with E-state index in [4.69, 9.17) is 0 Å². The van der Waals surface area contributed by atoms with E-state index >= 15 is 0 Å². The summed E-state index contributed by atoms with van der Waals surface area (Å²) in [6.07, 6.45) is 56.6. The molecule has 480 valence electrons. The Morgan fingerprint density at radius 1 is 0.300 bits per heavy atom. The Morgan fingerprint density at radius 2 is 0.575 bits per heavy atom. The first-order chi connectivity index (χ1) is 39.2. The molecular formula is C70H145N5O5. The second-order valence-electron chi connectivity index (χ2n) is 26.1. The number of unbranched alkanes of at least 4 members (excludes halogenated alkanes) is 35. The fourth-order valence-electron chi connectivity index (χ4n) is 12.3. The van der Waals surface area contributed by atoms with Gasteiger partial charge in [0.1, 0.15) is 0 Å². The molecule has 1 fully saturated rings. The molecule has 1 aliphatic heterocycles. The fraction of sp³-hybridized carbons (Fsp3) is 1.00. The van der Waals surface area contributed by atoms with Crippen molar-refractivity contribution in [2.24, 2.45) is 0 Å². The van der Waals surface area contributed by atoms with E-state index in [1.165, 1.54) is 244 Å². The molecule has 0 saturated carbocycles. The lowest BCUT2D eigenvalue weighted by Crippen LogP contribution is -2.50. The summed E-state index contributed by atoms with van der Waals surface area (Å²) in [6.45, 7) is 22.0. The summed E-state index contributed by atoms with van der Waals surface area (Å²) in [5.74, 6) is 0. The van der Waals surface area contributed by atoms with Crippen molar-refractivity contribution in [3.05, 3.63) is 0 Å². The van der Waals surface area contributed by atoms with Crippen LogP contribution in [0.1, 0.15) is 329 Å². The summed E-state index contributed by atoms with van der Waals surface area (Å²) in [5, 5.41) is 58.0. The Labute approximate surface area is 499 Å². The Morgan fingerprint density at radius 3 is 0.938 bits per heavy atom. The van der Waals surface area contributed by atoms with E-state index in [1.807, 2.05) is 6.92 Å². The maximum Gasteiger partial charge on any atom is 0.0667 e. The third-order valence-corrected chi connectivity index (χ3v) is 17.9. The minimum absolute atomic E-state index is 0.134. The van der Waals surface area contributed by atoms with Crippen LogP contribution >= 0.6 is 0 Å². The molecule has 5 unspecified atom stereocenters. The van der Waals surface area contributed by atoms with E-state index in [-0.39, 0.29) is 30.5 Å². The van der Waals surface area contributed by atoms with E-state index in [2.05, 4.69) is 45.7 Å². The molecule has 0 radical (unpaired) electrons. The molecule has 1 rings (SSSR count). The normalized spacial score (nSPS) is 15.6. The van der Waals surface area contributed by atoms with E-state index in [0.29, 0.717) is 19.6 Å². The maximum absolute atomic E-state index is 11.4. The van der Waals surface area contributed by atoms with Crippen molar-refractivity contribution in [1.29, 1.82) is 0 Å². The SMILES string of the molecule is CCCCCCCCCCC(O)CN(CCN1CCN(CCCC(O)CCCCCCCCCCNCCCCCCCCCCC(C)O)CC1)CCN(CC(O)CCCCCCCCCC)CC(O)CCCCCCCCCC. The van der Waals surface area contributed by atoms with Gasteiger partial charge in [0.15, 0.2) is 0 Å². The van der Waals surface area contributed by atoms with Crippen molar-refractivity contribution in [3.63, 3.8) is 0 Å². The molecule has 6 N–H and O–H groups in total. The smallest absolute Gasteiger partial charge is 0.0667 e. The second kappa shape index (κ2) is 60.3. The van der Waals surface area contributed by atoms with E-state index < -0.39 is 0 Å². The van der Waals surface area contributed by atoms with Crippen LogP contribution in [0.4, 0.5) is 0 Å². The zero-order valence-corrected chi connectivity index (χ0v) is 54.5. The van der Waals surface area contributed by atoms with Crippen LogP contribution in [0.3, 0.4) is 0 Å². The van der Waals surface area contributed by atoms with Crippen LogP contribution in [0.15, 0.2) is 0 Å². The van der Waals surface area contributed by atoms with Gasteiger partial charge in [0.05, 0.1) is 30.5 Å². The average Bonchev–Trinajstić information content (AvgIpc) is 3.44. The van der Waals surface area contributed by atoms with E-state index in [0.717, 1.165) is 130 Å². The van der Waals surface area contributed by atoms with Crippen molar-refractivity contribution in [1.82, 2.24) is 24.9 Å². The third-order valence-electron chi connectivity index (χ3n) is 17.9. The van der Waals surface area contributed by atoms with E-state index in [1.54, 1.807) is 0 Å². The molecule has 80 heavy (non-hydrogen) atoms. The molecular weight excluding hydrogens is 991 g/mol. The fourth-order valence-corrected chi connectivity index (χ4v) is 12.3. The Hall–Kier alpha value is -0.400. The van der Waals surface area contributed by atoms with Gasteiger partial charge in [-0.1, -0.05) is 265 Å². The topological polar surface area (TPSA) is 126 Å². The van der Waals surface area contributed by atoms with Gasteiger partial charge < -0.3 is 35.7 Å². The second-order valence-corrected chi connectivity index (χ2v) is 26.1. The van der Waals surface area contributed by atoms with E-state index in [9.17, 15) is 25.5 Å². The molecule has 0 amide bonds. The maximum atomic E-state index is 11.4. The quantitative estimate of drug-likeness (QED) is 0.0328. The summed E-state index contributed by atoms with van der Waals surface area (Å²) in [7, 11) is 0. The lowest BCUT2D eigenvalue weighted by atomic mass is 10.0. The first-order valence-corrected chi connectivity index (χ1v) is 36.2. The highest BCUT2D eigenvalue weighted by Gasteiger charge is 2.22. The first kappa shape index (κ1) is 77.6. The molecule has 1 aliphatic rings. The van der Waals surface area contributed by atoms with Crippen molar-refractivity contribution in [2.45, 2.75) is 360 Å². The lowest BCUT2D eigenvalue weighted by molar-refractivity contribution is 0.0446. The lowest BCUT2D eigenvalue weighted by Gasteiger charge is -2.37. The highest BCUT2D eigenvalue weighted by atomic mass is 16.3. The van der Waals surface area contributed by atoms with Gasteiger partial charge in [-0.05, 0) is 84.3 Å². The van der Waals surface area contributed by atoms with Crippen LogP contribution < -0.4 is 5.32 Å². The number of nitrogens with one attached hydrogen (secondary N) is 1. The van der Waals surface area contributed by atoms with Crippen molar-refractivity contribution >= 4 is 0 Å². The molecule has 5 atom stereocenters. The predicted molar refractivity (Wildman–Crippen MR) is 348 cm³/mol. The minimum Gasteiger partial charge on any atom is -0.393 e. The standard InChI is InChI=1S/C70H145N5O5/c1-5-8-11-14-17-25-33-40-48-68(78)63-74(61-62-75(64-69(79)49-41-34-26-18-15-12-9-6-2)65-70(80)50-42-35-27-19-16-13-10-7-3)60-59-73-57-55-72(56-58-73)54-45-51-67(77)47-39-32-28-21-23-30-37-44-53-71-52-43-36-29-22-20-24-31-38-46-66(4)76/h66-71,76-80H,5-65H2,1-4H3. The van der Waals surface area contributed by atoms with Crippen LogP contribution in [0.25, 0.3) is 0 Å². The Kier molecular flexibility index (Phi) is 58.5. The van der Waals surface area contributed by atoms with Crippen LogP contribution in [0.2, 0.25) is 0 Å². The van der Waals surface area contributed by atoms with Crippen LogP contribution in [0.5, 0.6) is 0 Å².